The molecule has 1 aromatic heterocycles. The zero-order valence-electron chi connectivity index (χ0n) is 19.6. The number of thiophene rings is 1. The Morgan fingerprint density at radius 1 is 0.919 bits per heavy atom. The molecule has 194 valence electrons. The van der Waals surface area contributed by atoms with Gasteiger partial charge in [0.2, 0.25) is 15.2 Å². The van der Waals surface area contributed by atoms with Crippen molar-refractivity contribution in [1.82, 2.24) is 15.1 Å². The maximum Gasteiger partial charge on any atom is 0.262 e. The van der Waals surface area contributed by atoms with Crippen molar-refractivity contribution in [3.63, 3.8) is 0 Å². The lowest BCUT2D eigenvalue weighted by Gasteiger charge is -2.36. The second kappa shape index (κ2) is 11.5. The molecule has 0 saturated carbocycles. The number of carbonyl (C=O) groups is 3. The molecular formula is C25H24FN3O6S2. The number of halogens is 1. The highest BCUT2D eigenvalue weighted by molar-refractivity contribution is 7.92. The van der Waals surface area contributed by atoms with Gasteiger partial charge in [0.1, 0.15) is 11.6 Å². The second-order valence-electron chi connectivity index (χ2n) is 8.14. The van der Waals surface area contributed by atoms with Crippen molar-refractivity contribution < 1.29 is 31.9 Å². The van der Waals surface area contributed by atoms with Gasteiger partial charge in [0, 0.05) is 26.2 Å². The van der Waals surface area contributed by atoms with Crippen molar-refractivity contribution in [3.05, 3.63) is 82.8 Å². The highest BCUT2D eigenvalue weighted by Crippen LogP contribution is 2.20. The maximum absolute atomic E-state index is 13.4. The lowest BCUT2D eigenvalue weighted by atomic mass is 10.3. The first-order chi connectivity index (χ1) is 17.8. The average Bonchev–Trinajstić information content (AvgIpc) is 3.46. The third kappa shape index (κ3) is 6.33. The van der Waals surface area contributed by atoms with Crippen molar-refractivity contribution in [1.29, 1.82) is 0 Å². The van der Waals surface area contributed by atoms with Crippen LogP contribution in [0.3, 0.4) is 0 Å². The van der Waals surface area contributed by atoms with Crippen LogP contribution in [0.15, 0.2) is 77.0 Å². The van der Waals surface area contributed by atoms with Crippen LogP contribution < -0.4 is 10.1 Å². The quantitative estimate of drug-likeness (QED) is 0.434. The summed E-state index contributed by atoms with van der Waals surface area (Å²) in [6.45, 7) is 0.312. The number of piperazine rings is 1. The van der Waals surface area contributed by atoms with E-state index in [4.69, 9.17) is 4.74 Å². The molecule has 0 unspecified atom stereocenters. The molecule has 1 fully saturated rings. The van der Waals surface area contributed by atoms with Crippen LogP contribution in [0.25, 0.3) is 0 Å². The number of hydrogen-bond acceptors (Lipinski definition) is 7. The number of nitrogens with zero attached hydrogens (tertiary/aromatic N) is 2. The number of nitrogens with one attached hydrogen (secondary N) is 1. The van der Waals surface area contributed by atoms with Gasteiger partial charge in [-0.2, -0.15) is 0 Å². The fourth-order valence-corrected chi connectivity index (χ4v) is 5.82. The van der Waals surface area contributed by atoms with E-state index in [2.05, 4.69) is 5.32 Å². The summed E-state index contributed by atoms with van der Waals surface area (Å²) in [5, 5.41) is 2.07. The summed E-state index contributed by atoms with van der Waals surface area (Å²) >= 11 is 1.10. The van der Waals surface area contributed by atoms with Crippen molar-refractivity contribution in [2.24, 2.45) is 0 Å². The lowest BCUT2D eigenvalue weighted by Crippen LogP contribution is -2.58. The molecule has 1 atom stereocenters. The number of rotatable bonds is 8. The molecule has 1 aliphatic rings. The lowest BCUT2D eigenvalue weighted by molar-refractivity contribution is -0.140. The number of para-hydroxylation sites is 1. The minimum atomic E-state index is -4.41. The van der Waals surface area contributed by atoms with Gasteiger partial charge in [0.25, 0.3) is 17.7 Å². The third-order valence-electron chi connectivity index (χ3n) is 5.73. The summed E-state index contributed by atoms with van der Waals surface area (Å²) in [5.41, 5.74) is 0. The fraction of sp³-hybridized carbons (Fsp3) is 0.240. The van der Waals surface area contributed by atoms with Crippen molar-refractivity contribution in [2.45, 2.75) is 10.3 Å². The predicted molar refractivity (Wildman–Crippen MR) is 134 cm³/mol. The first-order valence-electron chi connectivity index (χ1n) is 11.3. The molecule has 0 bridgehead atoms. The Morgan fingerprint density at radius 2 is 1.57 bits per heavy atom. The van der Waals surface area contributed by atoms with Crippen LogP contribution in [-0.2, 0) is 19.4 Å². The van der Waals surface area contributed by atoms with Gasteiger partial charge in [0.05, 0.1) is 9.77 Å². The first-order valence-corrected chi connectivity index (χ1v) is 13.8. The Bertz CT molecular complexity index is 1340. The normalized spacial score (nSPS) is 14.6. The van der Waals surface area contributed by atoms with Crippen molar-refractivity contribution in [3.8, 4) is 5.75 Å². The number of benzene rings is 2. The molecule has 0 radical (unpaired) electrons. The number of ether oxygens (including phenoxy) is 1. The van der Waals surface area contributed by atoms with E-state index in [1.54, 1.807) is 35.7 Å². The van der Waals surface area contributed by atoms with Crippen LogP contribution in [0.2, 0.25) is 0 Å². The summed E-state index contributed by atoms with van der Waals surface area (Å²) in [7, 11) is -4.41. The Balaban J connectivity index is 1.45. The fourth-order valence-electron chi connectivity index (χ4n) is 3.73. The summed E-state index contributed by atoms with van der Waals surface area (Å²) in [6, 6.07) is 16.0. The molecule has 1 aliphatic heterocycles. The number of amides is 3. The van der Waals surface area contributed by atoms with Gasteiger partial charge in [-0.15, -0.1) is 11.3 Å². The molecule has 12 heteroatoms. The third-order valence-corrected chi connectivity index (χ3v) is 8.47. The Morgan fingerprint density at radius 3 is 2.19 bits per heavy atom. The van der Waals surface area contributed by atoms with Crippen LogP contribution in [0.4, 0.5) is 4.39 Å². The van der Waals surface area contributed by atoms with Crippen LogP contribution in [0.1, 0.15) is 9.67 Å². The van der Waals surface area contributed by atoms with Gasteiger partial charge in [-0.3, -0.25) is 14.4 Å². The van der Waals surface area contributed by atoms with Gasteiger partial charge < -0.3 is 19.9 Å². The molecule has 3 aromatic rings. The van der Waals surface area contributed by atoms with E-state index < -0.39 is 32.8 Å². The smallest absolute Gasteiger partial charge is 0.262 e. The van der Waals surface area contributed by atoms with Gasteiger partial charge in [-0.1, -0.05) is 24.3 Å². The van der Waals surface area contributed by atoms with E-state index in [-0.39, 0.29) is 48.5 Å². The monoisotopic (exact) mass is 545 g/mol. The zero-order chi connectivity index (χ0) is 26.4. The molecule has 4 rings (SSSR count). The predicted octanol–water partition coefficient (Wildman–Crippen LogP) is 2.17. The molecule has 0 spiro atoms. The molecule has 37 heavy (non-hydrogen) atoms. The summed E-state index contributed by atoms with van der Waals surface area (Å²) in [5.74, 6) is -1.90. The topological polar surface area (TPSA) is 113 Å². The first kappa shape index (κ1) is 26.3. The van der Waals surface area contributed by atoms with Crippen molar-refractivity contribution in [2.75, 3.05) is 32.8 Å². The molecule has 2 heterocycles. The molecule has 9 nitrogen and oxygen atoms in total. The molecule has 1 N–H and O–H groups in total. The maximum atomic E-state index is 13.4. The Labute approximate surface area is 217 Å². The SMILES string of the molecule is O=C(N[C@H](C(=O)N1CCN(C(=O)COc2ccccc2)CC1)S(=O)(=O)c1ccc(F)cc1)c1cccs1. The Hall–Kier alpha value is -3.77. The number of sulfone groups is 1. The molecule has 3 amide bonds. The van der Waals surface area contributed by atoms with E-state index in [0.717, 1.165) is 35.6 Å². The zero-order valence-corrected chi connectivity index (χ0v) is 21.2. The van der Waals surface area contributed by atoms with Crippen LogP contribution in [-0.4, -0.2) is 74.1 Å². The highest BCUT2D eigenvalue weighted by atomic mass is 32.2. The second-order valence-corrected chi connectivity index (χ2v) is 11.1. The molecule has 2 aromatic carbocycles. The number of hydrogen-bond donors (Lipinski definition) is 1. The largest absolute Gasteiger partial charge is 0.484 e. The van der Waals surface area contributed by atoms with E-state index in [9.17, 15) is 27.2 Å². The summed E-state index contributed by atoms with van der Waals surface area (Å²) in [4.78, 5) is 41.4. The van der Waals surface area contributed by atoms with Crippen LogP contribution in [0, 0.1) is 5.82 Å². The van der Waals surface area contributed by atoms with E-state index in [0.29, 0.717) is 5.75 Å². The van der Waals surface area contributed by atoms with Crippen LogP contribution >= 0.6 is 11.3 Å². The van der Waals surface area contributed by atoms with Gasteiger partial charge in [-0.05, 0) is 47.8 Å². The molecular weight excluding hydrogens is 521 g/mol. The van der Waals surface area contributed by atoms with Gasteiger partial charge in [0.15, 0.2) is 6.61 Å². The Kier molecular flexibility index (Phi) is 8.19. The highest BCUT2D eigenvalue weighted by Gasteiger charge is 2.39. The minimum absolute atomic E-state index is 0.0697. The van der Waals surface area contributed by atoms with Crippen molar-refractivity contribution >= 4 is 38.9 Å². The van der Waals surface area contributed by atoms with E-state index >= 15 is 0 Å². The molecule has 0 aliphatic carbocycles. The summed E-state index contributed by atoms with van der Waals surface area (Å²) in [6.07, 6.45) is 0. The van der Waals surface area contributed by atoms with Gasteiger partial charge in [-0.25, -0.2) is 12.8 Å². The average molecular weight is 546 g/mol. The molecule has 1 saturated heterocycles. The number of carbonyl (C=O) groups excluding carboxylic acids is 3. The van der Waals surface area contributed by atoms with Crippen LogP contribution in [0.5, 0.6) is 5.75 Å². The van der Waals surface area contributed by atoms with Gasteiger partial charge >= 0.3 is 0 Å². The van der Waals surface area contributed by atoms with E-state index in [1.165, 1.54) is 15.9 Å². The minimum Gasteiger partial charge on any atom is -0.484 e. The summed E-state index contributed by atoms with van der Waals surface area (Å²) < 4.78 is 45.6. The van der Waals surface area contributed by atoms with E-state index in [1.807, 2.05) is 6.07 Å². The standard InChI is InChI=1S/C25H24FN3O6S2/c26-18-8-10-20(11-9-18)37(33,34)24(27-23(31)21-7-4-16-36-21)25(32)29-14-12-28(13-15-29)22(30)17-35-19-5-2-1-3-6-19/h1-11,16,24H,12-15,17H2,(H,27,31)/t24-/m0/s1.